The molecule has 2 aromatic heterocycles. The molecule has 2 aromatic carbocycles. The second-order valence-electron chi connectivity index (χ2n) is 12.9. The molecule has 1 amide bonds. The zero-order valence-corrected chi connectivity index (χ0v) is 26.2. The molecule has 0 atom stereocenters. The third kappa shape index (κ3) is 6.81. The lowest BCUT2D eigenvalue weighted by molar-refractivity contribution is -0.118. The van der Waals surface area contributed by atoms with Crippen molar-refractivity contribution in [2.24, 2.45) is 0 Å². The van der Waals surface area contributed by atoms with E-state index in [1.54, 1.807) is 30.3 Å². The highest BCUT2D eigenvalue weighted by Gasteiger charge is 2.29. The first-order chi connectivity index (χ1) is 21.3. The van der Waals surface area contributed by atoms with Crippen LogP contribution in [0.2, 0.25) is 0 Å². The van der Waals surface area contributed by atoms with Crippen molar-refractivity contribution < 1.29 is 19.0 Å². The van der Waals surface area contributed by atoms with Crippen molar-refractivity contribution in [3.8, 4) is 11.4 Å². The van der Waals surface area contributed by atoms with Crippen LogP contribution in [0.3, 0.4) is 0 Å². The highest BCUT2D eigenvalue weighted by molar-refractivity contribution is 6.00. The first-order valence-electron chi connectivity index (χ1n) is 14.8. The third-order valence-electron chi connectivity index (χ3n) is 7.63. The molecule has 0 aliphatic carbocycles. The van der Waals surface area contributed by atoms with E-state index in [4.69, 9.17) is 9.84 Å². The fraction of sp³-hybridized carbons (Fsp3) is 0.314. The van der Waals surface area contributed by atoms with Crippen molar-refractivity contribution in [1.82, 2.24) is 20.1 Å². The smallest absolute Gasteiger partial charge is 0.282 e. The molecule has 3 heterocycles. The Kier molecular flexibility index (Phi) is 8.62. The van der Waals surface area contributed by atoms with Gasteiger partial charge in [-0.3, -0.25) is 9.59 Å². The highest BCUT2D eigenvalue weighted by atomic mass is 19.1. The zero-order chi connectivity index (χ0) is 32.5. The van der Waals surface area contributed by atoms with E-state index in [2.05, 4.69) is 27.3 Å². The molecule has 5 rings (SSSR count). The number of nitrogens with zero attached hydrogens (tertiary/aromatic N) is 3. The van der Waals surface area contributed by atoms with E-state index in [1.165, 1.54) is 23.1 Å². The van der Waals surface area contributed by atoms with Crippen LogP contribution in [0.25, 0.3) is 22.0 Å². The first-order valence-corrected chi connectivity index (χ1v) is 14.8. The Hall–Kier alpha value is -4.83. The van der Waals surface area contributed by atoms with E-state index in [1.807, 2.05) is 46.8 Å². The second-order valence-corrected chi connectivity index (χ2v) is 12.9. The van der Waals surface area contributed by atoms with Gasteiger partial charge in [-0.25, -0.2) is 9.37 Å². The summed E-state index contributed by atoms with van der Waals surface area (Å²) in [6.45, 7) is 14.4. The summed E-state index contributed by atoms with van der Waals surface area (Å²) in [6.07, 6.45) is 5.53. The van der Waals surface area contributed by atoms with Gasteiger partial charge in [0.05, 0.1) is 30.1 Å². The number of rotatable bonds is 7. The van der Waals surface area contributed by atoms with Gasteiger partial charge in [-0.1, -0.05) is 39.5 Å². The number of carbonyl (C=O) groups excluding carboxylic acids is 1. The number of aliphatic hydroxyl groups is 1. The Morgan fingerprint density at radius 3 is 2.62 bits per heavy atom. The topological polar surface area (TPSA) is 118 Å². The molecular formula is C35H38FN5O4. The quantitative estimate of drug-likeness (QED) is 0.238. The molecule has 0 saturated heterocycles. The molecule has 0 fully saturated rings. The van der Waals surface area contributed by atoms with Crippen molar-refractivity contribution in [3.63, 3.8) is 0 Å². The van der Waals surface area contributed by atoms with E-state index < -0.39 is 16.9 Å². The lowest BCUT2D eigenvalue weighted by atomic mass is 9.86. The summed E-state index contributed by atoms with van der Waals surface area (Å²) in [5, 5.41) is 20.0. The monoisotopic (exact) mass is 611 g/mol. The van der Waals surface area contributed by atoms with E-state index in [0.717, 1.165) is 11.1 Å². The van der Waals surface area contributed by atoms with E-state index in [9.17, 15) is 9.59 Å². The lowest BCUT2D eigenvalue weighted by Gasteiger charge is -2.28. The lowest BCUT2D eigenvalue weighted by Crippen LogP contribution is -2.46. The number of aromatic nitrogens is 3. The number of nitrogens with one attached hydrogen (secondary N) is 2. The van der Waals surface area contributed by atoms with Crippen molar-refractivity contribution >= 4 is 28.1 Å². The molecule has 4 aromatic rings. The van der Waals surface area contributed by atoms with E-state index in [-0.39, 0.29) is 29.0 Å². The van der Waals surface area contributed by atoms with Crippen LogP contribution in [-0.2, 0) is 16.6 Å². The Labute approximate surface area is 261 Å². The van der Waals surface area contributed by atoms with Gasteiger partial charge in [-0.15, -0.1) is 0 Å². The Bertz CT molecular complexity index is 1870. The summed E-state index contributed by atoms with van der Waals surface area (Å²) in [5.41, 5.74) is 1.82. The van der Waals surface area contributed by atoms with Crippen LogP contribution in [0.5, 0.6) is 5.75 Å². The van der Waals surface area contributed by atoms with Crippen molar-refractivity contribution in [3.05, 3.63) is 106 Å². The van der Waals surface area contributed by atoms with Gasteiger partial charge >= 0.3 is 0 Å². The molecule has 1 aliphatic rings. The Balaban J connectivity index is 1.56. The second kappa shape index (κ2) is 12.3. The minimum absolute atomic E-state index is 0.0336. The molecule has 0 saturated carbocycles. The molecule has 1 aliphatic heterocycles. The Morgan fingerprint density at radius 2 is 1.93 bits per heavy atom. The summed E-state index contributed by atoms with van der Waals surface area (Å²) in [7, 11) is 0. The standard InChI is InChI=1S/C35H38FN5O4/c1-21-15-28(39-30-12-11-24(20-37-30)45-14-8-13-42)32(43)40-35(5,6)18-26-25(21)9-7-10-29(26)41-33(44)31-22(19-38-41)16-23(17-27(31)36)34(2,3)4/h7,9-12,15-17,19-20,42H,1,8,13-14,18H2,2-6H3,(H,37,39)(H,40,43)/b28-15+. The number of halogens is 1. The zero-order valence-electron chi connectivity index (χ0n) is 26.2. The van der Waals surface area contributed by atoms with Crippen molar-refractivity contribution in [1.29, 1.82) is 0 Å². The summed E-state index contributed by atoms with van der Waals surface area (Å²) in [5.74, 6) is 0.00997. The number of amides is 1. The molecule has 9 nitrogen and oxygen atoms in total. The van der Waals surface area contributed by atoms with Crippen molar-refractivity contribution in [2.45, 2.75) is 58.4 Å². The van der Waals surface area contributed by atoms with Gasteiger partial charge in [-0.2, -0.15) is 9.78 Å². The van der Waals surface area contributed by atoms with Gasteiger partial charge in [0.25, 0.3) is 11.5 Å². The number of carbonyl (C=O) groups is 1. The maximum Gasteiger partial charge on any atom is 0.282 e. The average Bonchev–Trinajstić information content (AvgIpc) is 3.00. The summed E-state index contributed by atoms with van der Waals surface area (Å²) in [6, 6.07) is 12.1. The van der Waals surface area contributed by atoms with E-state index in [0.29, 0.717) is 53.2 Å². The molecule has 45 heavy (non-hydrogen) atoms. The maximum atomic E-state index is 15.4. The summed E-state index contributed by atoms with van der Waals surface area (Å²) in [4.78, 5) is 31.6. The van der Waals surface area contributed by atoms with Crippen LogP contribution in [0.4, 0.5) is 10.2 Å². The first kappa shape index (κ1) is 31.6. The van der Waals surface area contributed by atoms with Gasteiger partial charge in [0.2, 0.25) is 0 Å². The van der Waals surface area contributed by atoms with Crippen LogP contribution in [0.1, 0.15) is 57.7 Å². The number of benzene rings is 2. The molecule has 0 unspecified atom stereocenters. The number of hydrogen-bond donors (Lipinski definition) is 3. The number of allylic oxidation sites excluding steroid dienone is 2. The summed E-state index contributed by atoms with van der Waals surface area (Å²) >= 11 is 0. The normalized spacial score (nSPS) is 16.1. The van der Waals surface area contributed by atoms with E-state index >= 15 is 4.39 Å². The Morgan fingerprint density at radius 1 is 1.16 bits per heavy atom. The number of pyridine rings is 1. The number of hydrogen-bond acceptors (Lipinski definition) is 7. The summed E-state index contributed by atoms with van der Waals surface area (Å²) < 4.78 is 22.2. The fourth-order valence-corrected chi connectivity index (χ4v) is 5.30. The molecule has 234 valence electrons. The minimum atomic E-state index is -0.765. The molecule has 10 heteroatoms. The van der Waals surface area contributed by atoms with Gasteiger partial charge in [0.1, 0.15) is 23.1 Å². The number of fused-ring (bicyclic) bond motifs is 2. The largest absolute Gasteiger partial charge is 0.492 e. The van der Waals surface area contributed by atoms with Crippen LogP contribution in [0.15, 0.2) is 78.0 Å². The predicted octanol–water partition coefficient (Wildman–Crippen LogP) is 5.44. The van der Waals surface area contributed by atoms with Gasteiger partial charge in [0, 0.05) is 24.0 Å². The molecule has 3 N–H and O–H groups in total. The molecule has 0 bridgehead atoms. The number of ether oxygens (including phenoxy) is 1. The minimum Gasteiger partial charge on any atom is -0.492 e. The van der Waals surface area contributed by atoms with Crippen LogP contribution < -0.4 is 20.9 Å². The third-order valence-corrected chi connectivity index (χ3v) is 7.63. The van der Waals surface area contributed by atoms with Gasteiger partial charge in [0.15, 0.2) is 0 Å². The van der Waals surface area contributed by atoms with Gasteiger partial charge < -0.3 is 20.5 Å². The molecule has 0 radical (unpaired) electrons. The SMILES string of the molecule is C=C1/C=C(/Nc2ccc(OCCCO)cn2)C(=O)NC(C)(C)Cc2c1cccc2-n1ncc2cc(C(C)(C)C)cc(F)c2c1=O. The van der Waals surface area contributed by atoms with Crippen LogP contribution >= 0.6 is 0 Å². The van der Waals surface area contributed by atoms with Gasteiger partial charge in [-0.05, 0) is 84.4 Å². The predicted molar refractivity (Wildman–Crippen MR) is 174 cm³/mol. The van der Waals surface area contributed by atoms with Crippen LogP contribution in [0, 0.1) is 5.82 Å². The maximum absolute atomic E-state index is 15.4. The van der Waals surface area contributed by atoms with Crippen molar-refractivity contribution in [2.75, 3.05) is 18.5 Å². The fourth-order valence-electron chi connectivity index (χ4n) is 5.30. The average molecular weight is 612 g/mol. The molecular weight excluding hydrogens is 573 g/mol. The van der Waals surface area contributed by atoms with Crippen LogP contribution in [-0.4, -0.2) is 44.5 Å². The molecule has 0 spiro atoms. The highest BCUT2D eigenvalue weighted by Crippen LogP contribution is 2.32. The number of anilines is 1. The number of aliphatic hydroxyl groups excluding tert-OH is 1.